The number of nitrogens with zero attached hydrogens (tertiary/aromatic N) is 6. The lowest BCUT2D eigenvalue weighted by atomic mass is 10.2. The van der Waals surface area contributed by atoms with Crippen LogP contribution in [0.2, 0.25) is 0 Å². The summed E-state index contributed by atoms with van der Waals surface area (Å²) in [6, 6.07) is 15.5. The first-order valence-corrected chi connectivity index (χ1v) is 10.9. The number of rotatable bonds is 6. The first-order chi connectivity index (χ1) is 17.7. The van der Waals surface area contributed by atoms with Crippen molar-refractivity contribution in [2.24, 2.45) is 0 Å². The van der Waals surface area contributed by atoms with E-state index < -0.39 is 17.5 Å². The second kappa shape index (κ2) is 9.30. The fraction of sp³-hybridized carbons (Fsp3) is 0.120. The summed E-state index contributed by atoms with van der Waals surface area (Å²) >= 11 is 0. The van der Waals surface area contributed by atoms with Crippen LogP contribution in [0, 0.1) is 6.92 Å². The van der Waals surface area contributed by atoms with E-state index in [1.165, 1.54) is 46.9 Å². The van der Waals surface area contributed by atoms with Crippen molar-refractivity contribution in [2.75, 3.05) is 7.11 Å². The smallest absolute Gasteiger partial charge is 0.494 e. The predicted molar refractivity (Wildman–Crippen MR) is 127 cm³/mol. The fourth-order valence-corrected chi connectivity index (χ4v) is 3.82. The van der Waals surface area contributed by atoms with E-state index in [2.05, 4.69) is 20.0 Å². The largest absolute Gasteiger partial charge is 0.573 e. The highest BCUT2D eigenvalue weighted by atomic mass is 19.4. The maximum absolute atomic E-state index is 12.9. The molecule has 0 bridgehead atoms. The Morgan fingerprint density at radius 1 is 0.892 bits per heavy atom. The van der Waals surface area contributed by atoms with Crippen molar-refractivity contribution in [3.63, 3.8) is 0 Å². The summed E-state index contributed by atoms with van der Waals surface area (Å²) in [4.78, 5) is 12.9. The van der Waals surface area contributed by atoms with E-state index >= 15 is 0 Å². The van der Waals surface area contributed by atoms with Gasteiger partial charge in [0, 0.05) is 36.8 Å². The summed E-state index contributed by atoms with van der Waals surface area (Å²) in [5.41, 5.74) is 2.07. The van der Waals surface area contributed by atoms with Crippen LogP contribution in [-0.4, -0.2) is 42.8 Å². The summed E-state index contributed by atoms with van der Waals surface area (Å²) in [5.74, 6) is 0.0707. The van der Waals surface area contributed by atoms with Crippen LogP contribution in [0.15, 0.2) is 84.0 Å². The molecule has 3 heterocycles. The zero-order chi connectivity index (χ0) is 26.2. The molecule has 2 aromatic carbocycles. The van der Waals surface area contributed by atoms with Crippen molar-refractivity contribution in [1.82, 2.24) is 29.3 Å². The first-order valence-electron chi connectivity index (χ1n) is 10.9. The molecule has 9 nitrogen and oxygen atoms in total. The standard InChI is InChI=1S/C25H19F3N6O3/c1-16-13-21(34(30-16)18-5-3-6-19(14-18)37-25(26,27)28)24-22(35)9-12-33(31-24)20-8-7-17(15-23(20)36-2)32-11-4-10-29-32/h3-15H,1-2H3. The number of ether oxygens (including phenoxy) is 2. The van der Waals surface area contributed by atoms with Gasteiger partial charge in [0.25, 0.3) is 0 Å². The molecule has 0 N–H and O–H groups in total. The highest BCUT2D eigenvalue weighted by molar-refractivity contribution is 5.60. The summed E-state index contributed by atoms with van der Waals surface area (Å²) in [7, 11) is 1.52. The molecule has 0 saturated carbocycles. The zero-order valence-corrected chi connectivity index (χ0v) is 19.5. The van der Waals surface area contributed by atoms with Crippen LogP contribution in [0.4, 0.5) is 13.2 Å². The fourth-order valence-electron chi connectivity index (χ4n) is 3.82. The minimum absolute atomic E-state index is 0.0449. The SMILES string of the molecule is COc1cc(-n2cccn2)ccc1-n1ccc(=O)c(-c2cc(C)nn2-c2cccc(OC(F)(F)F)c2)n1. The summed E-state index contributed by atoms with van der Waals surface area (Å²) in [6.45, 7) is 1.70. The van der Waals surface area contributed by atoms with Gasteiger partial charge in [-0.2, -0.15) is 15.3 Å². The summed E-state index contributed by atoms with van der Waals surface area (Å²) in [6.07, 6.45) is 0.110. The summed E-state index contributed by atoms with van der Waals surface area (Å²) in [5, 5.41) is 13.1. The second-order valence-electron chi connectivity index (χ2n) is 7.91. The minimum atomic E-state index is -4.85. The van der Waals surface area contributed by atoms with Crippen molar-refractivity contribution in [1.29, 1.82) is 0 Å². The maximum Gasteiger partial charge on any atom is 0.573 e. The van der Waals surface area contributed by atoms with E-state index in [1.807, 2.05) is 6.07 Å². The topological polar surface area (TPSA) is 89.0 Å². The lowest BCUT2D eigenvalue weighted by Gasteiger charge is -2.14. The predicted octanol–water partition coefficient (Wildman–Crippen LogP) is 4.49. The Labute approximate surface area is 207 Å². The Morgan fingerprint density at radius 3 is 2.46 bits per heavy atom. The molecule has 0 aliphatic rings. The van der Waals surface area contributed by atoms with E-state index in [1.54, 1.807) is 54.3 Å². The van der Waals surface area contributed by atoms with E-state index in [0.29, 0.717) is 22.8 Å². The molecular formula is C25H19F3N6O3. The molecule has 0 spiro atoms. The van der Waals surface area contributed by atoms with Crippen LogP contribution in [0.5, 0.6) is 11.5 Å². The van der Waals surface area contributed by atoms with E-state index in [9.17, 15) is 18.0 Å². The second-order valence-corrected chi connectivity index (χ2v) is 7.91. The number of halogens is 3. The van der Waals surface area contributed by atoms with Crippen molar-refractivity contribution in [2.45, 2.75) is 13.3 Å². The Morgan fingerprint density at radius 2 is 1.73 bits per heavy atom. The van der Waals surface area contributed by atoms with Gasteiger partial charge in [-0.3, -0.25) is 4.79 Å². The average Bonchev–Trinajstić information content (AvgIpc) is 3.53. The van der Waals surface area contributed by atoms with Gasteiger partial charge in [0.2, 0.25) is 5.43 Å². The van der Waals surface area contributed by atoms with Crippen molar-refractivity contribution < 1.29 is 22.6 Å². The molecule has 0 saturated heterocycles. The van der Waals surface area contributed by atoms with Crippen molar-refractivity contribution in [3.05, 3.63) is 95.2 Å². The van der Waals surface area contributed by atoms with Gasteiger partial charge in [0.05, 0.1) is 29.9 Å². The van der Waals surface area contributed by atoms with Crippen LogP contribution >= 0.6 is 0 Å². The van der Waals surface area contributed by atoms with E-state index in [0.717, 1.165) is 5.69 Å². The van der Waals surface area contributed by atoms with Crippen LogP contribution in [0.3, 0.4) is 0 Å². The van der Waals surface area contributed by atoms with Crippen LogP contribution in [-0.2, 0) is 0 Å². The Balaban J connectivity index is 1.59. The van der Waals surface area contributed by atoms with Crippen LogP contribution in [0.1, 0.15) is 5.69 Å². The molecule has 12 heteroatoms. The third-order valence-corrected chi connectivity index (χ3v) is 5.36. The van der Waals surface area contributed by atoms with Crippen molar-refractivity contribution in [3.8, 4) is 39.9 Å². The molecule has 0 aliphatic carbocycles. The molecule has 0 fully saturated rings. The lowest BCUT2D eigenvalue weighted by molar-refractivity contribution is -0.274. The molecule has 0 unspecified atom stereocenters. The first kappa shape index (κ1) is 23.9. The van der Waals surface area contributed by atoms with Gasteiger partial charge in [0.1, 0.15) is 17.2 Å². The Hall–Kier alpha value is -4.87. The minimum Gasteiger partial charge on any atom is -0.494 e. The maximum atomic E-state index is 12.9. The quantitative estimate of drug-likeness (QED) is 0.336. The summed E-state index contributed by atoms with van der Waals surface area (Å²) < 4.78 is 52.3. The lowest BCUT2D eigenvalue weighted by Crippen LogP contribution is -2.17. The third kappa shape index (κ3) is 4.94. The molecule has 37 heavy (non-hydrogen) atoms. The molecular weight excluding hydrogens is 489 g/mol. The Kier molecular flexibility index (Phi) is 5.99. The van der Waals surface area contributed by atoms with Crippen molar-refractivity contribution >= 4 is 0 Å². The number of hydrogen-bond donors (Lipinski definition) is 0. The highest BCUT2D eigenvalue weighted by Gasteiger charge is 2.31. The van der Waals surface area contributed by atoms with Gasteiger partial charge in [-0.25, -0.2) is 14.0 Å². The van der Waals surface area contributed by atoms with Gasteiger partial charge in [-0.1, -0.05) is 6.07 Å². The van der Waals surface area contributed by atoms with Crippen LogP contribution < -0.4 is 14.9 Å². The number of benzene rings is 2. The number of alkyl halides is 3. The third-order valence-electron chi connectivity index (χ3n) is 5.36. The molecule has 3 aromatic heterocycles. The number of hydrogen-bond acceptors (Lipinski definition) is 6. The number of methoxy groups -OCH3 is 1. The molecule has 0 aliphatic heterocycles. The molecule has 188 valence electrons. The number of aromatic nitrogens is 6. The van der Waals surface area contributed by atoms with E-state index in [4.69, 9.17) is 4.74 Å². The molecule has 5 aromatic rings. The van der Waals surface area contributed by atoms with Gasteiger partial charge >= 0.3 is 6.36 Å². The Bertz CT molecular complexity index is 1620. The average molecular weight is 508 g/mol. The molecule has 0 amide bonds. The van der Waals surface area contributed by atoms with Gasteiger partial charge in [-0.15, -0.1) is 13.2 Å². The normalized spacial score (nSPS) is 11.5. The monoisotopic (exact) mass is 508 g/mol. The van der Waals surface area contributed by atoms with Gasteiger partial charge < -0.3 is 9.47 Å². The van der Waals surface area contributed by atoms with Crippen LogP contribution in [0.25, 0.3) is 28.5 Å². The number of aryl methyl sites for hydroxylation is 1. The molecule has 5 rings (SSSR count). The zero-order valence-electron chi connectivity index (χ0n) is 19.5. The van der Waals surface area contributed by atoms with E-state index in [-0.39, 0.29) is 11.4 Å². The van der Waals surface area contributed by atoms with Gasteiger partial charge in [-0.05, 0) is 43.3 Å². The molecule has 0 atom stereocenters. The molecule has 0 radical (unpaired) electrons. The highest BCUT2D eigenvalue weighted by Crippen LogP contribution is 2.28. The van der Waals surface area contributed by atoms with Gasteiger partial charge in [0.15, 0.2) is 5.69 Å².